The molecule has 1 aliphatic carbocycles. The molecule has 0 bridgehead atoms. The Morgan fingerprint density at radius 3 is 2.70 bits per heavy atom. The maximum absolute atomic E-state index is 14.0. The van der Waals surface area contributed by atoms with Crippen LogP contribution in [0.2, 0.25) is 0 Å². The van der Waals surface area contributed by atoms with E-state index < -0.39 is 0 Å². The maximum Gasteiger partial charge on any atom is 0.268 e. The monoisotopic (exact) mass is 408 g/mol. The van der Waals surface area contributed by atoms with E-state index in [0.29, 0.717) is 17.0 Å². The van der Waals surface area contributed by atoms with Gasteiger partial charge in [0.1, 0.15) is 23.9 Å². The lowest BCUT2D eigenvalue weighted by Crippen LogP contribution is -2.37. The Balaban J connectivity index is 1.62. The summed E-state index contributed by atoms with van der Waals surface area (Å²) in [5.41, 5.74) is 2.15. The van der Waals surface area contributed by atoms with Crippen molar-refractivity contribution in [2.24, 2.45) is 0 Å². The number of carbonyl (C=O) groups is 1. The summed E-state index contributed by atoms with van der Waals surface area (Å²) in [6, 6.07) is 14.6. The highest BCUT2D eigenvalue weighted by Crippen LogP contribution is 2.30. The SMILES string of the molecule is CCCn1c(C(=O)NC2CCCCC2)cc2c(OCc3ccccc3F)cccc21. The number of fused-ring (bicyclic) bond motifs is 1. The summed E-state index contributed by atoms with van der Waals surface area (Å²) in [6.07, 6.45) is 6.64. The molecule has 1 amide bonds. The molecular weight excluding hydrogens is 379 g/mol. The molecule has 0 spiro atoms. The van der Waals surface area contributed by atoms with Crippen molar-refractivity contribution < 1.29 is 13.9 Å². The van der Waals surface area contributed by atoms with Gasteiger partial charge in [-0.2, -0.15) is 0 Å². The first kappa shape index (κ1) is 20.5. The van der Waals surface area contributed by atoms with Gasteiger partial charge >= 0.3 is 0 Å². The molecule has 0 aliphatic heterocycles. The Morgan fingerprint density at radius 1 is 1.13 bits per heavy atom. The molecule has 158 valence electrons. The van der Waals surface area contributed by atoms with Crippen molar-refractivity contribution in [2.75, 3.05) is 0 Å². The Morgan fingerprint density at radius 2 is 1.93 bits per heavy atom. The number of nitrogens with zero attached hydrogens (tertiary/aromatic N) is 1. The van der Waals surface area contributed by atoms with Crippen molar-refractivity contribution >= 4 is 16.8 Å². The van der Waals surface area contributed by atoms with Crippen LogP contribution < -0.4 is 10.1 Å². The maximum atomic E-state index is 14.0. The molecule has 1 heterocycles. The molecular formula is C25H29FN2O2. The van der Waals surface area contributed by atoms with Gasteiger partial charge in [0.05, 0.1) is 5.52 Å². The third-order valence-corrected chi connectivity index (χ3v) is 5.87. The van der Waals surface area contributed by atoms with Gasteiger partial charge < -0.3 is 14.6 Å². The number of aryl methyl sites for hydroxylation is 1. The Hall–Kier alpha value is -2.82. The van der Waals surface area contributed by atoms with Gasteiger partial charge in [-0.05, 0) is 43.5 Å². The van der Waals surface area contributed by atoms with Gasteiger partial charge in [-0.1, -0.05) is 50.5 Å². The molecule has 1 fully saturated rings. The molecule has 1 aromatic heterocycles. The zero-order valence-electron chi connectivity index (χ0n) is 17.5. The Kier molecular flexibility index (Phi) is 6.36. The third-order valence-electron chi connectivity index (χ3n) is 5.87. The van der Waals surface area contributed by atoms with Crippen LogP contribution in [0.15, 0.2) is 48.5 Å². The standard InChI is InChI=1S/C25H29FN2O2/c1-2-15-28-22-13-8-14-24(30-17-18-9-6-7-12-21(18)26)20(22)16-23(28)25(29)27-19-10-4-3-5-11-19/h6-9,12-14,16,19H,2-5,10-11,15,17H2,1H3,(H,27,29). The fourth-order valence-electron chi connectivity index (χ4n) is 4.31. The lowest BCUT2D eigenvalue weighted by molar-refractivity contribution is 0.0918. The third kappa shape index (κ3) is 4.35. The van der Waals surface area contributed by atoms with Crippen LogP contribution in [0.4, 0.5) is 4.39 Å². The van der Waals surface area contributed by atoms with Crippen molar-refractivity contribution in [2.45, 2.75) is 64.6 Å². The quantitative estimate of drug-likeness (QED) is 0.534. The molecule has 4 nitrogen and oxygen atoms in total. The number of carbonyl (C=O) groups excluding carboxylic acids is 1. The first-order valence-corrected chi connectivity index (χ1v) is 11.0. The van der Waals surface area contributed by atoms with Crippen LogP contribution in [0.3, 0.4) is 0 Å². The summed E-state index contributed by atoms with van der Waals surface area (Å²) in [4.78, 5) is 13.1. The van der Waals surface area contributed by atoms with Crippen LogP contribution in [-0.4, -0.2) is 16.5 Å². The van der Waals surface area contributed by atoms with E-state index in [9.17, 15) is 9.18 Å². The minimum Gasteiger partial charge on any atom is -0.488 e. The van der Waals surface area contributed by atoms with Crippen molar-refractivity contribution in [1.82, 2.24) is 9.88 Å². The van der Waals surface area contributed by atoms with E-state index in [1.54, 1.807) is 18.2 Å². The molecule has 0 unspecified atom stereocenters. The highest BCUT2D eigenvalue weighted by molar-refractivity contribution is 6.00. The summed E-state index contributed by atoms with van der Waals surface area (Å²) in [5.74, 6) is 0.365. The van der Waals surface area contributed by atoms with Gasteiger partial charge in [-0.15, -0.1) is 0 Å². The van der Waals surface area contributed by atoms with E-state index in [1.807, 2.05) is 24.3 Å². The van der Waals surface area contributed by atoms with Crippen molar-refractivity contribution in [3.63, 3.8) is 0 Å². The van der Waals surface area contributed by atoms with E-state index in [4.69, 9.17) is 4.74 Å². The highest BCUT2D eigenvalue weighted by atomic mass is 19.1. The molecule has 3 aromatic rings. The minimum absolute atomic E-state index is 0.0217. The summed E-state index contributed by atoms with van der Waals surface area (Å²) >= 11 is 0. The molecule has 0 atom stereocenters. The zero-order chi connectivity index (χ0) is 20.9. The summed E-state index contributed by atoms with van der Waals surface area (Å²) < 4.78 is 22.0. The second-order valence-electron chi connectivity index (χ2n) is 8.06. The fourth-order valence-corrected chi connectivity index (χ4v) is 4.31. The van der Waals surface area contributed by atoms with Crippen LogP contribution >= 0.6 is 0 Å². The number of benzene rings is 2. The van der Waals surface area contributed by atoms with E-state index in [1.165, 1.54) is 25.3 Å². The number of hydrogen-bond acceptors (Lipinski definition) is 2. The molecule has 0 saturated heterocycles. The topological polar surface area (TPSA) is 43.3 Å². The second kappa shape index (κ2) is 9.33. The van der Waals surface area contributed by atoms with Crippen molar-refractivity contribution in [3.8, 4) is 5.75 Å². The molecule has 2 aromatic carbocycles. The predicted molar refractivity (Wildman–Crippen MR) is 117 cm³/mol. The summed E-state index contributed by atoms with van der Waals surface area (Å²) in [5, 5.41) is 4.11. The van der Waals surface area contributed by atoms with Crippen LogP contribution in [0, 0.1) is 5.82 Å². The Labute approximate surface area is 177 Å². The number of amides is 1. The number of rotatable bonds is 7. The number of ether oxygens (including phenoxy) is 1. The van der Waals surface area contributed by atoms with Crippen LogP contribution in [-0.2, 0) is 13.2 Å². The van der Waals surface area contributed by atoms with Crippen molar-refractivity contribution in [3.05, 3.63) is 65.6 Å². The molecule has 30 heavy (non-hydrogen) atoms. The van der Waals surface area contributed by atoms with Crippen LogP contribution in [0.25, 0.3) is 10.9 Å². The van der Waals surface area contributed by atoms with Crippen LogP contribution in [0.1, 0.15) is 61.5 Å². The molecule has 1 aliphatic rings. The number of aromatic nitrogens is 1. The van der Waals surface area contributed by atoms with Crippen molar-refractivity contribution in [1.29, 1.82) is 0 Å². The predicted octanol–water partition coefficient (Wildman–Crippen LogP) is 5.83. The number of halogens is 1. The fraction of sp³-hybridized carbons (Fsp3) is 0.400. The average Bonchev–Trinajstić information content (AvgIpc) is 3.13. The summed E-state index contributed by atoms with van der Waals surface area (Å²) in [7, 11) is 0. The largest absolute Gasteiger partial charge is 0.488 e. The molecule has 0 radical (unpaired) electrons. The van der Waals surface area contributed by atoms with Gasteiger partial charge in [-0.25, -0.2) is 4.39 Å². The minimum atomic E-state index is -0.277. The molecule has 1 N–H and O–H groups in total. The lowest BCUT2D eigenvalue weighted by Gasteiger charge is -2.23. The van der Waals surface area contributed by atoms with Gasteiger partial charge in [0.2, 0.25) is 0 Å². The van der Waals surface area contributed by atoms with E-state index in [-0.39, 0.29) is 24.4 Å². The van der Waals surface area contributed by atoms with Gasteiger partial charge in [-0.3, -0.25) is 4.79 Å². The van der Waals surface area contributed by atoms with Gasteiger partial charge in [0, 0.05) is 23.5 Å². The molecule has 4 rings (SSSR count). The van der Waals surface area contributed by atoms with E-state index in [0.717, 1.165) is 36.7 Å². The zero-order valence-corrected chi connectivity index (χ0v) is 17.5. The lowest BCUT2D eigenvalue weighted by atomic mass is 9.95. The second-order valence-corrected chi connectivity index (χ2v) is 8.06. The molecule has 5 heteroatoms. The smallest absolute Gasteiger partial charge is 0.268 e. The first-order chi connectivity index (χ1) is 14.7. The summed E-state index contributed by atoms with van der Waals surface area (Å²) in [6.45, 7) is 3.01. The number of nitrogens with one attached hydrogen (secondary N) is 1. The average molecular weight is 409 g/mol. The molecule has 1 saturated carbocycles. The Bertz CT molecular complexity index is 1020. The highest BCUT2D eigenvalue weighted by Gasteiger charge is 2.21. The van der Waals surface area contributed by atoms with Crippen LogP contribution in [0.5, 0.6) is 5.75 Å². The number of hydrogen-bond donors (Lipinski definition) is 1. The normalized spacial score (nSPS) is 14.7. The van der Waals surface area contributed by atoms with Gasteiger partial charge in [0.25, 0.3) is 5.91 Å². The van der Waals surface area contributed by atoms with E-state index >= 15 is 0 Å². The van der Waals surface area contributed by atoms with E-state index in [2.05, 4.69) is 16.8 Å². The van der Waals surface area contributed by atoms with Gasteiger partial charge in [0.15, 0.2) is 0 Å². The first-order valence-electron chi connectivity index (χ1n) is 11.0.